The topological polar surface area (TPSA) is 55.4 Å². The second-order valence-electron chi connectivity index (χ2n) is 5.78. The number of hydrogen-bond donors (Lipinski definition) is 1. The maximum Gasteiger partial charge on any atom is 0.341 e. The smallest absolute Gasteiger partial charge is 0.341 e. The largest absolute Gasteiger partial charge is 0.465 e. The molecule has 0 fully saturated rings. The summed E-state index contributed by atoms with van der Waals surface area (Å²) in [5.74, 6) is -1.08. The summed E-state index contributed by atoms with van der Waals surface area (Å²) in [7, 11) is 1.34. The van der Waals surface area contributed by atoms with Crippen molar-refractivity contribution in [3.63, 3.8) is 0 Å². The highest BCUT2D eigenvalue weighted by molar-refractivity contribution is 7.17. The highest BCUT2D eigenvalue weighted by Crippen LogP contribution is 2.38. The van der Waals surface area contributed by atoms with Crippen LogP contribution < -0.4 is 5.32 Å². The average Bonchev–Trinajstić information content (AvgIpc) is 2.98. The highest BCUT2D eigenvalue weighted by atomic mass is 32.1. The minimum atomic E-state index is -0.419. The molecule has 1 N–H and O–H groups in total. The van der Waals surface area contributed by atoms with Gasteiger partial charge >= 0.3 is 5.97 Å². The summed E-state index contributed by atoms with van der Waals surface area (Å²) in [5.41, 5.74) is 2.20. The Morgan fingerprint density at radius 3 is 2.64 bits per heavy atom. The normalized spacial score (nSPS) is 13.5. The number of methoxy groups -OCH3 is 1. The molecule has 1 heterocycles. The molecule has 0 spiro atoms. The lowest BCUT2D eigenvalue weighted by Crippen LogP contribution is -2.13. The monoisotopic (exact) mass is 359 g/mol. The Hall–Kier alpha value is -2.47. The summed E-state index contributed by atoms with van der Waals surface area (Å²) in [6.07, 6.45) is 6.84. The number of benzene rings is 1. The molecule has 0 saturated carbocycles. The van der Waals surface area contributed by atoms with Crippen LogP contribution in [0.4, 0.5) is 9.39 Å². The number of aryl methyl sites for hydroxylation is 1. The second kappa shape index (κ2) is 7.61. The van der Waals surface area contributed by atoms with E-state index in [0.717, 1.165) is 41.7 Å². The van der Waals surface area contributed by atoms with Crippen LogP contribution in [0.15, 0.2) is 30.3 Å². The fraction of sp³-hybridized carbons (Fsp3) is 0.263. The minimum Gasteiger partial charge on any atom is -0.465 e. The Bertz CT molecular complexity index is 824. The Balaban J connectivity index is 1.79. The van der Waals surface area contributed by atoms with E-state index in [2.05, 4.69) is 5.32 Å². The lowest BCUT2D eigenvalue weighted by molar-refractivity contribution is -0.111. The number of nitrogens with one attached hydrogen (secondary N) is 1. The zero-order chi connectivity index (χ0) is 17.8. The number of rotatable bonds is 4. The fourth-order valence-electron chi connectivity index (χ4n) is 2.87. The molecular weight excluding hydrogens is 341 g/mol. The van der Waals surface area contributed by atoms with Crippen LogP contribution >= 0.6 is 11.3 Å². The van der Waals surface area contributed by atoms with Crippen LogP contribution in [-0.4, -0.2) is 19.0 Å². The molecule has 1 aliphatic rings. The predicted molar refractivity (Wildman–Crippen MR) is 96.4 cm³/mol. The number of halogens is 1. The first-order chi connectivity index (χ1) is 12.1. The molecule has 130 valence electrons. The van der Waals surface area contributed by atoms with Gasteiger partial charge in [-0.1, -0.05) is 12.1 Å². The highest BCUT2D eigenvalue weighted by Gasteiger charge is 2.26. The van der Waals surface area contributed by atoms with Crippen LogP contribution in [0.1, 0.15) is 39.2 Å². The Labute approximate surface area is 149 Å². The molecule has 25 heavy (non-hydrogen) atoms. The van der Waals surface area contributed by atoms with Crippen LogP contribution in [0.25, 0.3) is 6.08 Å². The summed E-state index contributed by atoms with van der Waals surface area (Å²) in [6, 6.07) is 5.84. The van der Waals surface area contributed by atoms with E-state index in [4.69, 9.17) is 4.74 Å². The molecule has 1 amide bonds. The van der Waals surface area contributed by atoms with Gasteiger partial charge in [0.15, 0.2) is 0 Å². The number of hydrogen-bond acceptors (Lipinski definition) is 4. The van der Waals surface area contributed by atoms with Crippen LogP contribution in [0.5, 0.6) is 0 Å². The van der Waals surface area contributed by atoms with Crippen LogP contribution in [0.3, 0.4) is 0 Å². The van der Waals surface area contributed by atoms with Crippen molar-refractivity contribution in [2.45, 2.75) is 25.7 Å². The molecule has 0 unspecified atom stereocenters. The SMILES string of the molecule is COC(=O)c1c(NC(=O)/C=C/c2ccc(F)cc2)sc2c1CCCC2. The molecule has 0 saturated heterocycles. The van der Waals surface area contributed by atoms with Gasteiger partial charge in [-0.3, -0.25) is 4.79 Å². The summed E-state index contributed by atoms with van der Waals surface area (Å²) in [6.45, 7) is 0. The summed E-state index contributed by atoms with van der Waals surface area (Å²) >= 11 is 1.44. The lowest BCUT2D eigenvalue weighted by Gasteiger charge is -2.11. The molecule has 6 heteroatoms. The number of carbonyl (C=O) groups excluding carboxylic acids is 2. The minimum absolute atomic E-state index is 0.325. The Kier molecular flexibility index (Phi) is 5.28. The lowest BCUT2D eigenvalue weighted by atomic mass is 9.95. The molecule has 1 aromatic carbocycles. The average molecular weight is 359 g/mol. The standard InChI is InChI=1S/C19H18FNO3S/c1-24-19(23)17-14-4-2-3-5-15(14)25-18(17)21-16(22)11-8-12-6-9-13(20)10-7-12/h6-11H,2-5H2,1H3,(H,21,22)/b11-8+. The molecular formula is C19H18FNO3S. The van der Waals surface area contributed by atoms with E-state index < -0.39 is 5.97 Å². The third kappa shape index (κ3) is 3.96. The van der Waals surface area contributed by atoms with Gasteiger partial charge in [0.25, 0.3) is 0 Å². The molecule has 4 nitrogen and oxygen atoms in total. The van der Waals surface area contributed by atoms with Gasteiger partial charge in [-0.15, -0.1) is 11.3 Å². The summed E-state index contributed by atoms with van der Waals surface area (Å²) in [5, 5.41) is 3.32. The molecule has 0 atom stereocenters. The van der Waals surface area contributed by atoms with Crippen molar-refractivity contribution >= 4 is 34.3 Å². The summed E-state index contributed by atoms with van der Waals surface area (Å²) < 4.78 is 17.8. The van der Waals surface area contributed by atoms with Crippen molar-refractivity contribution in [1.82, 2.24) is 0 Å². The number of anilines is 1. The molecule has 1 aromatic heterocycles. The van der Waals surface area contributed by atoms with Crippen molar-refractivity contribution in [1.29, 1.82) is 0 Å². The number of amides is 1. The first-order valence-electron chi connectivity index (χ1n) is 8.06. The van der Waals surface area contributed by atoms with Gasteiger partial charge in [-0.25, -0.2) is 9.18 Å². The number of ether oxygens (including phenoxy) is 1. The molecule has 1 aliphatic carbocycles. The van der Waals surface area contributed by atoms with Gasteiger partial charge < -0.3 is 10.1 Å². The first kappa shape index (κ1) is 17.4. The van der Waals surface area contributed by atoms with Gasteiger partial charge in [-0.05, 0) is 55.0 Å². The van der Waals surface area contributed by atoms with Crippen molar-refractivity contribution in [3.8, 4) is 0 Å². The van der Waals surface area contributed by atoms with Crippen LogP contribution in [0, 0.1) is 5.82 Å². The Morgan fingerprint density at radius 1 is 1.20 bits per heavy atom. The van der Waals surface area contributed by atoms with E-state index in [1.807, 2.05) is 0 Å². The third-order valence-corrected chi connectivity index (χ3v) is 5.30. The maximum absolute atomic E-state index is 12.9. The van der Waals surface area contributed by atoms with Gasteiger partial charge in [0.1, 0.15) is 10.8 Å². The molecule has 2 aromatic rings. The van der Waals surface area contributed by atoms with Crippen LogP contribution in [0.2, 0.25) is 0 Å². The number of esters is 1. The number of thiophene rings is 1. The molecule has 0 bridgehead atoms. The van der Waals surface area contributed by atoms with E-state index >= 15 is 0 Å². The Morgan fingerprint density at radius 2 is 1.92 bits per heavy atom. The van der Waals surface area contributed by atoms with Crippen molar-refractivity contribution in [2.75, 3.05) is 12.4 Å². The van der Waals surface area contributed by atoms with E-state index in [-0.39, 0.29) is 11.7 Å². The number of carbonyl (C=O) groups is 2. The van der Waals surface area contributed by atoms with E-state index in [1.54, 1.807) is 18.2 Å². The fourth-order valence-corrected chi connectivity index (χ4v) is 4.15. The van der Waals surface area contributed by atoms with E-state index in [0.29, 0.717) is 10.6 Å². The summed E-state index contributed by atoms with van der Waals surface area (Å²) in [4.78, 5) is 25.5. The van der Waals surface area contributed by atoms with Gasteiger partial charge in [-0.2, -0.15) is 0 Å². The van der Waals surface area contributed by atoms with E-state index in [9.17, 15) is 14.0 Å². The number of fused-ring (bicyclic) bond motifs is 1. The van der Waals surface area contributed by atoms with Gasteiger partial charge in [0.2, 0.25) is 5.91 Å². The van der Waals surface area contributed by atoms with Crippen molar-refractivity contribution < 1.29 is 18.7 Å². The zero-order valence-electron chi connectivity index (χ0n) is 13.8. The van der Waals surface area contributed by atoms with E-state index in [1.165, 1.54) is 36.7 Å². The zero-order valence-corrected chi connectivity index (χ0v) is 14.6. The van der Waals surface area contributed by atoms with Gasteiger partial charge in [0, 0.05) is 11.0 Å². The first-order valence-corrected chi connectivity index (χ1v) is 8.87. The van der Waals surface area contributed by atoms with Crippen molar-refractivity contribution in [3.05, 3.63) is 57.7 Å². The second-order valence-corrected chi connectivity index (χ2v) is 6.89. The molecule has 0 aliphatic heterocycles. The molecule has 3 rings (SSSR count). The predicted octanol–water partition coefficient (Wildman–Crippen LogP) is 4.20. The quantitative estimate of drug-likeness (QED) is 0.657. The molecule has 0 radical (unpaired) electrons. The maximum atomic E-state index is 12.9. The van der Waals surface area contributed by atoms with Crippen LogP contribution in [-0.2, 0) is 22.4 Å². The van der Waals surface area contributed by atoms with Gasteiger partial charge in [0.05, 0.1) is 12.7 Å². The van der Waals surface area contributed by atoms with Crippen molar-refractivity contribution in [2.24, 2.45) is 0 Å². The third-order valence-electron chi connectivity index (χ3n) is 4.09.